The second-order valence-corrected chi connectivity index (χ2v) is 9.32. The molecular weight excluding hydrogens is 474 g/mol. The predicted octanol–water partition coefficient (Wildman–Crippen LogP) is -0.289. The summed E-state index contributed by atoms with van der Waals surface area (Å²) in [7, 11) is 6.05. The fourth-order valence-corrected chi connectivity index (χ4v) is 3.56. The molecule has 0 unspecified atom stereocenters. The lowest BCUT2D eigenvalue weighted by molar-refractivity contribution is -0.870. The minimum absolute atomic E-state index is 0. The Morgan fingerprint density at radius 2 is 1.84 bits per heavy atom. The standard InChI is InChI=1S/C15H13NO3S2.C6H14N2O2.ClH/c1-10(7-11-5-3-2-4-6-11)8-12-14(19)16(9-13(17)18)15(20)21-12;1-8(2,3)4-5-10-6(7)9;/h2-8H,9H2,1H3,(H,17,18);4-5H2,1-3H3,(H-,7,9);1H/b10-7+,12-8+;;. The van der Waals surface area contributed by atoms with Gasteiger partial charge in [-0.25, -0.2) is 4.79 Å². The van der Waals surface area contributed by atoms with Gasteiger partial charge < -0.3 is 32.5 Å². The molecule has 0 aromatic heterocycles. The van der Waals surface area contributed by atoms with Gasteiger partial charge in [-0.2, -0.15) is 0 Å². The van der Waals surface area contributed by atoms with Gasteiger partial charge in [0.25, 0.3) is 5.91 Å². The van der Waals surface area contributed by atoms with Crippen LogP contribution in [0.1, 0.15) is 12.5 Å². The monoisotopic (exact) mass is 501 g/mol. The Hall–Kier alpha value is -2.40. The molecule has 8 nitrogen and oxygen atoms in total. The van der Waals surface area contributed by atoms with Crippen molar-refractivity contribution < 1.29 is 41.1 Å². The molecule has 2 amide bonds. The van der Waals surface area contributed by atoms with E-state index in [1.165, 1.54) is 0 Å². The smallest absolute Gasteiger partial charge is 0.404 e. The van der Waals surface area contributed by atoms with Crippen LogP contribution in [-0.2, 0) is 14.3 Å². The average Bonchev–Trinajstić information content (AvgIpc) is 2.88. The molecule has 1 aliphatic heterocycles. The highest BCUT2D eigenvalue weighted by Gasteiger charge is 2.33. The van der Waals surface area contributed by atoms with E-state index in [1.54, 1.807) is 6.08 Å². The molecular formula is C21H28ClN3O5S2. The molecule has 0 atom stereocenters. The maximum Gasteiger partial charge on any atom is 0.404 e. The van der Waals surface area contributed by atoms with Crippen molar-refractivity contribution >= 4 is 52.3 Å². The van der Waals surface area contributed by atoms with E-state index in [-0.39, 0.29) is 22.6 Å². The van der Waals surface area contributed by atoms with E-state index in [0.717, 1.165) is 38.8 Å². The van der Waals surface area contributed by atoms with Crippen LogP contribution in [0.3, 0.4) is 0 Å². The zero-order valence-electron chi connectivity index (χ0n) is 18.4. The van der Waals surface area contributed by atoms with Crippen molar-refractivity contribution in [3.05, 3.63) is 52.4 Å². The molecule has 176 valence electrons. The Labute approximate surface area is 204 Å². The highest BCUT2D eigenvalue weighted by Crippen LogP contribution is 2.31. The van der Waals surface area contributed by atoms with Gasteiger partial charge in [-0.15, -0.1) is 0 Å². The largest absolute Gasteiger partial charge is 1.00 e. The normalized spacial score (nSPS) is 15.1. The van der Waals surface area contributed by atoms with Crippen LogP contribution in [-0.4, -0.2) is 77.6 Å². The lowest BCUT2D eigenvalue weighted by Gasteiger charge is -2.22. The number of carboxylic acids is 1. The van der Waals surface area contributed by atoms with Gasteiger partial charge in [0.2, 0.25) is 0 Å². The number of carbonyl (C=O) groups is 3. The van der Waals surface area contributed by atoms with Gasteiger partial charge in [0.1, 0.15) is 24.0 Å². The fraction of sp³-hybridized carbons (Fsp3) is 0.333. The molecule has 11 heteroatoms. The van der Waals surface area contributed by atoms with Crippen molar-refractivity contribution in [3.63, 3.8) is 0 Å². The van der Waals surface area contributed by atoms with Crippen LogP contribution in [0.25, 0.3) is 6.08 Å². The maximum absolute atomic E-state index is 12.1. The minimum Gasteiger partial charge on any atom is -1.00 e. The number of thioether (sulfide) groups is 1. The third-order valence-electron chi connectivity index (χ3n) is 3.73. The zero-order chi connectivity index (χ0) is 23.6. The van der Waals surface area contributed by atoms with E-state index in [9.17, 15) is 14.4 Å². The first kappa shape index (κ1) is 29.6. The summed E-state index contributed by atoms with van der Waals surface area (Å²) in [5, 5.41) is 8.78. The van der Waals surface area contributed by atoms with E-state index in [2.05, 4.69) is 4.74 Å². The number of primary amides is 1. The van der Waals surface area contributed by atoms with Crippen LogP contribution in [0.2, 0.25) is 0 Å². The third-order valence-corrected chi connectivity index (χ3v) is 5.10. The highest BCUT2D eigenvalue weighted by molar-refractivity contribution is 8.26. The van der Waals surface area contributed by atoms with Crippen molar-refractivity contribution in [2.75, 3.05) is 40.8 Å². The lowest BCUT2D eigenvalue weighted by atomic mass is 10.1. The molecule has 1 aliphatic rings. The number of hydrogen-bond acceptors (Lipinski definition) is 6. The second-order valence-electron chi connectivity index (χ2n) is 7.64. The molecule has 0 spiro atoms. The van der Waals surface area contributed by atoms with Crippen LogP contribution < -0.4 is 18.1 Å². The first-order valence-corrected chi connectivity index (χ1v) is 10.5. The van der Waals surface area contributed by atoms with Gasteiger partial charge in [-0.3, -0.25) is 14.5 Å². The van der Waals surface area contributed by atoms with Gasteiger partial charge in [-0.05, 0) is 24.1 Å². The van der Waals surface area contributed by atoms with E-state index < -0.39 is 18.6 Å². The van der Waals surface area contributed by atoms with Crippen LogP contribution in [0.5, 0.6) is 0 Å². The van der Waals surface area contributed by atoms with E-state index in [1.807, 2.05) is 64.5 Å². The SMILES string of the molecule is CC(=C\c1ccccc1)/C=C1/SC(=S)N(CC(=O)O)C1=O.C[N+](C)(C)CCOC(N)=O.[Cl-]. The molecule has 0 saturated carbocycles. The van der Waals surface area contributed by atoms with Gasteiger partial charge in [0.05, 0.1) is 26.0 Å². The molecule has 2 rings (SSSR count). The molecule has 0 bridgehead atoms. The summed E-state index contributed by atoms with van der Waals surface area (Å²) in [5.41, 5.74) is 6.69. The number of likely N-dealkylation sites (N-methyl/N-ethyl adjacent to an activating group) is 1. The van der Waals surface area contributed by atoms with Crippen molar-refractivity contribution in [2.45, 2.75) is 6.92 Å². The Bertz CT molecular complexity index is 883. The summed E-state index contributed by atoms with van der Waals surface area (Å²) in [6.45, 7) is 2.65. The number of carboxylic acid groups (broad SMARTS) is 1. The molecule has 0 aliphatic carbocycles. The molecule has 3 N–H and O–H groups in total. The summed E-state index contributed by atoms with van der Waals surface area (Å²) < 4.78 is 5.59. The average molecular weight is 502 g/mol. The number of rotatable bonds is 7. The third kappa shape index (κ3) is 11.8. The maximum atomic E-state index is 12.1. The van der Waals surface area contributed by atoms with Crippen LogP contribution >= 0.6 is 24.0 Å². The highest BCUT2D eigenvalue weighted by atomic mass is 35.5. The number of quaternary nitrogens is 1. The van der Waals surface area contributed by atoms with Gasteiger partial charge >= 0.3 is 12.1 Å². The first-order valence-electron chi connectivity index (χ1n) is 9.32. The number of allylic oxidation sites excluding steroid dienone is 2. The lowest BCUT2D eigenvalue weighted by Crippen LogP contribution is -3.00. The van der Waals surface area contributed by atoms with Crippen LogP contribution in [0.15, 0.2) is 46.9 Å². The van der Waals surface area contributed by atoms with Crippen LogP contribution in [0, 0.1) is 0 Å². The Morgan fingerprint density at radius 3 is 2.34 bits per heavy atom. The molecule has 32 heavy (non-hydrogen) atoms. The molecule has 1 saturated heterocycles. The van der Waals surface area contributed by atoms with Crippen molar-refractivity contribution in [2.24, 2.45) is 5.73 Å². The van der Waals surface area contributed by atoms with E-state index >= 15 is 0 Å². The summed E-state index contributed by atoms with van der Waals surface area (Å²) in [5.74, 6) is -1.43. The van der Waals surface area contributed by atoms with Gasteiger partial charge in [-0.1, -0.05) is 60.4 Å². The topological polar surface area (TPSA) is 110 Å². The summed E-state index contributed by atoms with van der Waals surface area (Å²) in [6, 6.07) is 9.74. The number of nitrogens with two attached hydrogens (primary N) is 1. The summed E-state index contributed by atoms with van der Waals surface area (Å²) in [6.07, 6.45) is 2.98. The Morgan fingerprint density at radius 1 is 1.25 bits per heavy atom. The van der Waals surface area contributed by atoms with Gasteiger partial charge in [0.15, 0.2) is 0 Å². The number of benzene rings is 1. The molecule has 1 aromatic rings. The number of halogens is 1. The van der Waals surface area contributed by atoms with Gasteiger partial charge in [0, 0.05) is 0 Å². The summed E-state index contributed by atoms with van der Waals surface area (Å²) in [4.78, 5) is 34.5. The zero-order valence-corrected chi connectivity index (χ0v) is 20.8. The number of amides is 2. The minimum atomic E-state index is -1.08. The molecule has 1 heterocycles. The number of hydrogen-bond donors (Lipinski definition) is 2. The number of nitrogens with zero attached hydrogens (tertiary/aromatic N) is 2. The van der Waals surface area contributed by atoms with E-state index in [4.69, 9.17) is 23.1 Å². The molecule has 1 aromatic carbocycles. The predicted molar refractivity (Wildman–Crippen MR) is 126 cm³/mol. The molecule has 0 radical (unpaired) electrons. The van der Waals surface area contributed by atoms with Crippen molar-refractivity contribution in [1.29, 1.82) is 0 Å². The van der Waals surface area contributed by atoms with E-state index in [0.29, 0.717) is 11.5 Å². The first-order chi connectivity index (χ1) is 14.4. The van der Waals surface area contributed by atoms with Crippen molar-refractivity contribution in [3.8, 4) is 0 Å². The van der Waals surface area contributed by atoms with Crippen molar-refractivity contribution in [1.82, 2.24) is 4.90 Å². The number of ether oxygens (including phenoxy) is 1. The Kier molecular flexibility index (Phi) is 12.9. The molecule has 1 fully saturated rings. The number of carbonyl (C=O) groups excluding carboxylic acids is 2. The second kappa shape index (κ2) is 13.9. The number of aliphatic carboxylic acids is 1. The number of thiocarbonyl (C=S) groups is 1. The quantitative estimate of drug-likeness (QED) is 0.300. The fourth-order valence-electron chi connectivity index (χ4n) is 2.25. The Balaban J connectivity index is 0.000000747. The summed E-state index contributed by atoms with van der Waals surface area (Å²) >= 11 is 6.17. The van der Waals surface area contributed by atoms with Crippen LogP contribution in [0.4, 0.5) is 4.79 Å².